The minimum Gasteiger partial charge on any atom is -0.368 e. The van der Waals surface area contributed by atoms with E-state index in [1.54, 1.807) is 0 Å². The Labute approximate surface area is 161 Å². The zero-order valence-electron chi connectivity index (χ0n) is 15.5. The standard InChI is InChI=1S/C21H26ClN3O/c1-3-23(19-8-4-6-17(2)14-19)16-21(26)25-12-10-24(11-13-25)20-9-5-7-18(22)15-20/h4-9,14-15H,3,10-13,16H2,1-2H3. The zero-order valence-corrected chi connectivity index (χ0v) is 16.2. The first-order chi connectivity index (χ1) is 12.6. The van der Waals surface area contributed by atoms with Crippen LogP contribution in [0.1, 0.15) is 12.5 Å². The molecule has 0 aliphatic carbocycles. The molecule has 2 aromatic rings. The summed E-state index contributed by atoms with van der Waals surface area (Å²) in [6.45, 7) is 8.58. The Kier molecular flexibility index (Phi) is 6.04. The van der Waals surface area contributed by atoms with E-state index >= 15 is 0 Å². The molecule has 1 fully saturated rings. The first-order valence-electron chi connectivity index (χ1n) is 9.16. The van der Waals surface area contributed by atoms with Crippen molar-refractivity contribution in [3.05, 3.63) is 59.1 Å². The molecular weight excluding hydrogens is 346 g/mol. The lowest BCUT2D eigenvalue weighted by atomic mass is 10.2. The first-order valence-corrected chi connectivity index (χ1v) is 9.54. The summed E-state index contributed by atoms with van der Waals surface area (Å²) in [6, 6.07) is 16.2. The van der Waals surface area contributed by atoms with Crippen LogP contribution in [-0.2, 0) is 4.79 Å². The van der Waals surface area contributed by atoms with Crippen LogP contribution in [0.5, 0.6) is 0 Å². The van der Waals surface area contributed by atoms with Crippen molar-refractivity contribution < 1.29 is 4.79 Å². The number of halogens is 1. The molecule has 138 valence electrons. The third-order valence-corrected chi connectivity index (χ3v) is 5.12. The van der Waals surface area contributed by atoms with Crippen molar-refractivity contribution >= 4 is 28.9 Å². The van der Waals surface area contributed by atoms with Gasteiger partial charge in [0.25, 0.3) is 0 Å². The number of piperazine rings is 1. The van der Waals surface area contributed by atoms with E-state index in [1.807, 2.05) is 29.2 Å². The van der Waals surface area contributed by atoms with Gasteiger partial charge in [-0.25, -0.2) is 0 Å². The first kappa shape index (κ1) is 18.6. The molecule has 0 radical (unpaired) electrons. The normalized spacial score (nSPS) is 14.4. The van der Waals surface area contributed by atoms with Crippen LogP contribution in [0.15, 0.2) is 48.5 Å². The van der Waals surface area contributed by atoms with Gasteiger partial charge in [-0.3, -0.25) is 4.79 Å². The molecule has 0 saturated carbocycles. The van der Waals surface area contributed by atoms with Crippen LogP contribution in [0.2, 0.25) is 5.02 Å². The van der Waals surface area contributed by atoms with Gasteiger partial charge in [-0.15, -0.1) is 0 Å². The van der Waals surface area contributed by atoms with Crippen LogP contribution < -0.4 is 9.80 Å². The number of likely N-dealkylation sites (N-methyl/N-ethyl adjacent to an activating group) is 1. The van der Waals surface area contributed by atoms with Crippen LogP contribution >= 0.6 is 11.6 Å². The average molecular weight is 372 g/mol. The molecule has 0 aromatic heterocycles. The third kappa shape index (κ3) is 4.50. The van der Waals surface area contributed by atoms with Crippen molar-refractivity contribution in [3.63, 3.8) is 0 Å². The number of anilines is 2. The number of carbonyl (C=O) groups is 1. The van der Waals surface area contributed by atoms with E-state index in [-0.39, 0.29) is 5.91 Å². The Balaban J connectivity index is 1.57. The molecule has 5 heteroatoms. The molecule has 1 saturated heterocycles. The second-order valence-electron chi connectivity index (χ2n) is 6.70. The molecule has 1 amide bonds. The monoisotopic (exact) mass is 371 g/mol. The van der Waals surface area contributed by atoms with Crippen molar-refractivity contribution in [2.24, 2.45) is 0 Å². The molecule has 0 bridgehead atoms. The Morgan fingerprint density at radius 2 is 1.81 bits per heavy atom. The van der Waals surface area contributed by atoms with Crippen LogP contribution in [0.3, 0.4) is 0 Å². The number of nitrogens with zero attached hydrogens (tertiary/aromatic N) is 3. The molecule has 26 heavy (non-hydrogen) atoms. The smallest absolute Gasteiger partial charge is 0.242 e. The molecule has 0 N–H and O–H groups in total. The van der Waals surface area contributed by atoms with Crippen LogP contribution in [0.4, 0.5) is 11.4 Å². The minimum absolute atomic E-state index is 0.194. The van der Waals surface area contributed by atoms with Gasteiger partial charge in [-0.05, 0) is 49.7 Å². The molecule has 0 spiro atoms. The van der Waals surface area contributed by atoms with E-state index in [1.165, 1.54) is 5.56 Å². The van der Waals surface area contributed by atoms with Gasteiger partial charge in [0.05, 0.1) is 6.54 Å². The molecule has 2 aromatic carbocycles. The summed E-state index contributed by atoms with van der Waals surface area (Å²) >= 11 is 6.09. The second-order valence-corrected chi connectivity index (χ2v) is 7.14. The van der Waals surface area contributed by atoms with Crippen LogP contribution in [-0.4, -0.2) is 50.1 Å². The van der Waals surface area contributed by atoms with Crippen molar-refractivity contribution in [3.8, 4) is 0 Å². The quantitative estimate of drug-likeness (QED) is 0.799. The predicted octanol–water partition coefficient (Wildman–Crippen LogP) is 3.82. The largest absolute Gasteiger partial charge is 0.368 e. The average Bonchev–Trinajstić information content (AvgIpc) is 2.66. The van der Waals surface area contributed by atoms with Crippen molar-refractivity contribution in [2.45, 2.75) is 13.8 Å². The SMILES string of the molecule is CCN(CC(=O)N1CCN(c2cccc(Cl)c2)CC1)c1cccc(C)c1. The van der Waals surface area contributed by atoms with E-state index in [0.29, 0.717) is 6.54 Å². The summed E-state index contributed by atoms with van der Waals surface area (Å²) < 4.78 is 0. The van der Waals surface area contributed by atoms with E-state index in [4.69, 9.17) is 11.6 Å². The van der Waals surface area contributed by atoms with Gasteiger partial charge in [0, 0.05) is 49.1 Å². The number of hydrogen-bond acceptors (Lipinski definition) is 3. The highest BCUT2D eigenvalue weighted by Gasteiger charge is 2.22. The fourth-order valence-corrected chi connectivity index (χ4v) is 3.55. The number of aryl methyl sites for hydroxylation is 1. The topological polar surface area (TPSA) is 26.8 Å². The van der Waals surface area contributed by atoms with Gasteiger partial charge in [0.1, 0.15) is 0 Å². The maximum absolute atomic E-state index is 12.8. The molecule has 3 rings (SSSR count). The summed E-state index contributed by atoms with van der Waals surface area (Å²) in [5.74, 6) is 0.194. The number of benzene rings is 2. The van der Waals surface area contributed by atoms with Crippen molar-refractivity contribution in [2.75, 3.05) is 49.1 Å². The Bertz CT molecular complexity index is 756. The summed E-state index contributed by atoms with van der Waals surface area (Å²) in [5.41, 5.74) is 3.45. The van der Waals surface area contributed by atoms with Gasteiger partial charge >= 0.3 is 0 Å². The lowest BCUT2D eigenvalue weighted by Crippen LogP contribution is -2.51. The summed E-state index contributed by atoms with van der Waals surface area (Å²) in [7, 11) is 0. The third-order valence-electron chi connectivity index (χ3n) is 4.88. The number of hydrogen-bond donors (Lipinski definition) is 0. The molecule has 1 heterocycles. The molecule has 1 aliphatic heterocycles. The minimum atomic E-state index is 0.194. The molecule has 0 unspecified atom stereocenters. The highest BCUT2D eigenvalue weighted by Crippen LogP contribution is 2.21. The molecule has 1 aliphatic rings. The summed E-state index contributed by atoms with van der Waals surface area (Å²) in [5, 5.41) is 0.748. The van der Waals surface area contributed by atoms with E-state index in [0.717, 1.165) is 49.1 Å². The van der Waals surface area contributed by atoms with Crippen LogP contribution in [0.25, 0.3) is 0 Å². The number of carbonyl (C=O) groups excluding carboxylic acids is 1. The van der Waals surface area contributed by atoms with Crippen molar-refractivity contribution in [1.29, 1.82) is 0 Å². The van der Waals surface area contributed by atoms with E-state index < -0.39 is 0 Å². The summed E-state index contributed by atoms with van der Waals surface area (Å²) in [4.78, 5) is 19.2. The predicted molar refractivity (Wildman–Crippen MR) is 109 cm³/mol. The lowest BCUT2D eigenvalue weighted by molar-refractivity contribution is -0.130. The van der Waals surface area contributed by atoms with Gasteiger partial charge in [0.2, 0.25) is 5.91 Å². The number of amides is 1. The van der Waals surface area contributed by atoms with Gasteiger partial charge in [-0.2, -0.15) is 0 Å². The van der Waals surface area contributed by atoms with Crippen molar-refractivity contribution in [1.82, 2.24) is 4.90 Å². The number of rotatable bonds is 5. The Morgan fingerprint density at radius 1 is 1.08 bits per heavy atom. The molecule has 0 atom stereocenters. The maximum atomic E-state index is 12.8. The maximum Gasteiger partial charge on any atom is 0.242 e. The molecule has 4 nitrogen and oxygen atoms in total. The fraction of sp³-hybridized carbons (Fsp3) is 0.381. The second kappa shape index (κ2) is 8.45. The zero-order chi connectivity index (χ0) is 18.5. The Morgan fingerprint density at radius 3 is 2.46 bits per heavy atom. The fourth-order valence-electron chi connectivity index (χ4n) is 3.36. The highest BCUT2D eigenvalue weighted by atomic mass is 35.5. The van der Waals surface area contributed by atoms with Crippen LogP contribution in [0, 0.1) is 6.92 Å². The summed E-state index contributed by atoms with van der Waals surface area (Å²) in [6.07, 6.45) is 0. The van der Waals surface area contributed by atoms with Gasteiger partial charge in [-0.1, -0.05) is 29.8 Å². The molecular formula is C21H26ClN3O. The van der Waals surface area contributed by atoms with Gasteiger partial charge in [0.15, 0.2) is 0 Å². The lowest BCUT2D eigenvalue weighted by Gasteiger charge is -2.37. The van der Waals surface area contributed by atoms with E-state index in [2.05, 4.69) is 47.9 Å². The highest BCUT2D eigenvalue weighted by molar-refractivity contribution is 6.30. The van der Waals surface area contributed by atoms with E-state index in [9.17, 15) is 4.79 Å². The van der Waals surface area contributed by atoms with Gasteiger partial charge < -0.3 is 14.7 Å². The Hall–Kier alpha value is -2.20.